The molecule has 7 heteroatoms. The van der Waals surface area contributed by atoms with Crippen molar-refractivity contribution < 1.29 is 19.1 Å². The smallest absolute Gasteiger partial charge is 0.258 e. The molecule has 0 atom stereocenters. The van der Waals surface area contributed by atoms with Gasteiger partial charge in [-0.15, -0.1) is 0 Å². The fourth-order valence-electron chi connectivity index (χ4n) is 6.03. The number of carbonyl (C=O) groups excluding carboxylic acids is 1. The number of aliphatic hydroxyl groups is 1. The molecule has 1 N–H and O–H groups in total. The van der Waals surface area contributed by atoms with Crippen LogP contribution in [0.4, 0.5) is 0 Å². The van der Waals surface area contributed by atoms with Gasteiger partial charge in [-0.2, -0.15) is 0 Å². The predicted molar refractivity (Wildman–Crippen MR) is 152 cm³/mol. The number of hydrogen-bond acceptors (Lipinski definition) is 6. The van der Waals surface area contributed by atoms with Gasteiger partial charge in [-0.3, -0.25) is 9.69 Å². The zero-order valence-corrected chi connectivity index (χ0v) is 25.0. The van der Waals surface area contributed by atoms with E-state index in [-0.39, 0.29) is 5.78 Å². The van der Waals surface area contributed by atoms with Gasteiger partial charge in [0.25, 0.3) is 8.32 Å². The Morgan fingerprint density at radius 1 is 1.05 bits per heavy atom. The summed E-state index contributed by atoms with van der Waals surface area (Å²) >= 11 is 0. The van der Waals surface area contributed by atoms with Gasteiger partial charge in [-0.1, -0.05) is 41.5 Å². The van der Waals surface area contributed by atoms with E-state index >= 15 is 0 Å². The van der Waals surface area contributed by atoms with Crippen molar-refractivity contribution in [3.63, 3.8) is 0 Å². The zero-order chi connectivity index (χ0) is 27.4. The molecule has 2 heterocycles. The molecule has 37 heavy (non-hydrogen) atoms. The number of aromatic nitrogens is 1. The summed E-state index contributed by atoms with van der Waals surface area (Å²) in [5.74, 6) is 1.57. The van der Waals surface area contributed by atoms with Crippen molar-refractivity contribution in [2.45, 2.75) is 90.5 Å². The number of ketones is 1. The number of carbonyl (C=O) groups is 1. The third-order valence-electron chi connectivity index (χ3n) is 8.11. The van der Waals surface area contributed by atoms with Crippen molar-refractivity contribution in [1.82, 2.24) is 9.88 Å². The molecule has 2 aromatic rings. The van der Waals surface area contributed by atoms with Crippen LogP contribution in [0.25, 0.3) is 0 Å². The van der Waals surface area contributed by atoms with Gasteiger partial charge < -0.3 is 14.3 Å². The molecular weight excluding hydrogens is 480 g/mol. The highest BCUT2D eigenvalue weighted by molar-refractivity contribution is 6.78. The van der Waals surface area contributed by atoms with E-state index < -0.39 is 13.9 Å². The first kappa shape index (κ1) is 29.3. The lowest BCUT2D eigenvalue weighted by molar-refractivity contribution is -0.0248. The van der Waals surface area contributed by atoms with Gasteiger partial charge in [-0.25, -0.2) is 4.98 Å². The van der Waals surface area contributed by atoms with E-state index in [2.05, 4.69) is 51.4 Å². The highest BCUT2D eigenvalue weighted by Crippen LogP contribution is 2.43. The average molecular weight is 527 g/mol. The van der Waals surface area contributed by atoms with Crippen molar-refractivity contribution >= 4 is 14.1 Å². The van der Waals surface area contributed by atoms with Gasteiger partial charge in [0.1, 0.15) is 5.75 Å². The third-order valence-corrected chi connectivity index (χ3v) is 14.1. The molecule has 1 aliphatic rings. The fraction of sp³-hybridized carbons (Fsp3) is 0.600. The number of pyridine rings is 1. The highest BCUT2D eigenvalue weighted by atomic mass is 28.4. The van der Waals surface area contributed by atoms with Crippen LogP contribution < -0.4 is 9.16 Å². The number of likely N-dealkylation sites (tertiary alicyclic amines) is 1. The number of benzene rings is 1. The van der Waals surface area contributed by atoms with E-state index in [1.165, 1.54) is 0 Å². The second kappa shape index (κ2) is 12.1. The normalized spacial score (nSPS) is 16.4. The maximum atomic E-state index is 13.2. The summed E-state index contributed by atoms with van der Waals surface area (Å²) in [6.07, 6.45) is 2.83. The topological polar surface area (TPSA) is 71.9 Å². The molecule has 0 unspecified atom stereocenters. The highest BCUT2D eigenvalue weighted by Gasteiger charge is 2.47. The molecule has 0 saturated carbocycles. The Balaban J connectivity index is 1.64. The van der Waals surface area contributed by atoms with E-state index in [0.717, 1.165) is 16.9 Å². The minimum atomic E-state index is -2.06. The van der Waals surface area contributed by atoms with Crippen molar-refractivity contribution in [3.8, 4) is 11.6 Å². The molecule has 6 nitrogen and oxygen atoms in total. The third kappa shape index (κ3) is 6.44. The zero-order valence-electron chi connectivity index (χ0n) is 24.0. The lowest BCUT2D eigenvalue weighted by atomic mass is 9.85. The lowest BCUT2D eigenvalue weighted by Crippen LogP contribution is -2.50. The fourth-order valence-corrected chi connectivity index (χ4v) is 11.4. The SMILES string of the molecule is CCOc1ccc(C2(O)CCN(CC(=O)c3ccc(O[Si](C(C)C)(C(C)C)C(C)C)c(C)c3)CC2)cn1. The first-order valence-electron chi connectivity index (χ1n) is 13.8. The Hall–Kier alpha value is -2.22. The number of aryl methyl sites for hydroxylation is 1. The van der Waals surface area contributed by atoms with Crippen LogP contribution in [-0.2, 0) is 5.60 Å². The van der Waals surface area contributed by atoms with Crippen molar-refractivity contribution in [2.75, 3.05) is 26.2 Å². The summed E-state index contributed by atoms with van der Waals surface area (Å²) in [5.41, 5.74) is 3.08. The van der Waals surface area contributed by atoms with Crippen molar-refractivity contribution in [2.24, 2.45) is 0 Å². The van der Waals surface area contributed by atoms with E-state index in [1.807, 2.05) is 38.1 Å². The van der Waals surface area contributed by atoms with Gasteiger partial charge in [-0.05, 0) is 73.1 Å². The molecule has 0 aliphatic carbocycles. The standard InChI is InChI=1S/C30H46N2O4Si/c1-9-35-29-13-11-26(19-31-29)30(34)14-16-32(17-15-30)20-27(33)25-10-12-28(24(8)18-25)36-37(21(2)3,22(4)5)23(6)7/h10-13,18-19,21-23,34H,9,14-17,20H2,1-8H3. The number of ether oxygens (including phenoxy) is 1. The first-order chi connectivity index (χ1) is 17.4. The van der Waals surface area contributed by atoms with Gasteiger partial charge in [0.15, 0.2) is 5.78 Å². The minimum absolute atomic E-state index is 0.0999. The molecule has 0 spiro atoms. The molecule has 0 radical (unpaired) electrons. The van der Waals surface area contributed by atoms with Crippen molar-refractivity contribution in [3.05, 3.63) is 53.2 Å². The largest absolute Gasteiger partial charge is 0.543 e. The van der Waals surface area contributed by atoms with Gasteiger partial charge in [0.05, 0.1) is 18.8 Å². The number of nitrogens with zero attached hydrogens (tertiary/aromatic N) is 2. The number of piperidine rings is 1. The number of rotatable bonds is 11. The van der Waals surface area contributed by atoms with Crippen LogP contribution >= 0.6 is 0 Å². The molecule has 0 bridgehead atoms. The van der Waals surface area contributed by atoms with E-state index in [9.17, 15) is 9.90 Å². The van der Waals surface area contributed by atoms with E-state index in [4.69, 9.17) is 9.16 Å². The number of hydrogen-bond donors (Lipinski definition) is 1. The monoisotopic (exact) mass is 526 g/mol. The summed E-state index contributed by atoms with van der Waals surface area (Å²) < 4.78 is 12.3. The Labute approximate surface area is 224 Å². The average Bonchev–Trinajstić information content (AvgIpc) is 2.84. The van der Waals surface area contributed by atoms with Crippen LogP contribution in [0.3, 0.4) is 0 Å². The molecule has 1 aromatic carbocycles. The first-order valence-corrected chi connectivity index (χ1v) is 15.9. The minimum Gasteiger partial charge on any atom is -0.543 e. The van der Waals surface area contributed by atoms with Crippen LogP contribution in [-0.4, -0.2) is 55.3 Å². The Morgan fingerprint density at radius 2 is 1.68 bits per heavy atom. The maximum Gasteiger partial charge on any atom is 0.258 e. The van der Waals surface area contributed by atoms with Gasteiger partial charge in [0.2, 0.25) is 5.88 Å². The molecule has 0 amide bonds. The van der Waals surface area contributed by atoms with Crippen molar-refractivity contribution in [1.29, 1.82) is 0 Å². The molecule has 1 fully saturated rings. The summed E-state index contributed by atoms with van der Waals surface area (Å²) in [6, 6.07) is 9.57. The molecule has 3 rings (SSSR count). The van der Waals surface area contributed by atoms with Crippen LogP contribution in [0.2, 0.25) is 16.6 Å². The Bertz CT molecular complexity index is 1020. The molecular formula is C30H46N2O4Si. The van der Waals surface area contributed by atoms with Gasteiger partial charge in [0, 0.05) is 36.5 Å². The summed E-state index contributed by atoms with van der Waals surface area (Å²) in [7, 11) is -2.06. The molecule has 1 aliphatic heterocycles. The van der Waals surface area contributed by atoms with Gasteiger partial charge >= 0.3 is 0 Å². The van der Waals surface area contributed by atoms with E-state index in [0.29, 0.717) is 67.1 Å². The number of Topliss-reactive ketones (excluding diaryl/α,β-unsaturated/α-hetero) is 1. The lowest BCUT2D eigenvalue weighted by Gasteiger charge is -2.42. The van der Waals surface area contributed by atoms with Crippen LogP contribution in [0, 0.1) is 6.92 Å². The Kier molecular flexibility index (Phi) is 9.59. The second-order valence-electron chi connectivity index (χ2n) is 11.4. The van der Waals surface area contributed by atoms with Crippen LogP contribution in [0.1, 0.15) is 82.8 Å². The van der Waals surface area contributed by atoms with E-state index in [1.54, 1.807) is 12.3 Å². The van der Waals surface area contributed by atoms with Crippen LogP contribution in [0.15, 0.2) is 36.5 Å². The summed E-state index contributed by atoms with van der Waals surface area (Å²) in [4.78, 5) is 19.6. The maximum absolute atomic E-state index is 13.2. The molecule has 1 saturated heterocycles. The van der Waals surface area contributed by atoms with Crippen LogP contribution in [0.5, 0.6) is 11.6 Å². The summed E-state index contributed by atoms with van der Waals surface area (Å²) in [5, 5.41) is 11.2. The molecule has 204 valence electrons. The predicted octanol–water partition coefficient (Wildman–Crippen LogP) is 6.51. The Morgan fingerprint density at radius 3 is 2.16 bits per heavy atom. The molecule has 1 aromatic heterocycles. The quantitative estimate of drug-likeness (QED) is 0.266. The summed E-state index contributed by atoms with van der Waals surface area (Å²) in [6.45, 7) is 19.9. The second-order valence-corrected chi connectivity index (χ2v) is 16.8.